The Morgan fingerprint density at radius 2 is 1.57 bits per heavy atom. The molecule has 1 atom stereocenters. The molecule has 0 aromatic heterocycles. The topological polar surface area (TPSA) is 67.9 Å². The summed E-state index contributed by atoms with van der Waals surface area (Å²) in [6.07, 6.45) is 0.965. The van der Waals surface area contributed by atoms with E-state index in [4.69, 9.17) is 21.1 Å². The first-order valence-corrected chi connectivity index (χ1v) is 12.9. The molecule has 0 aliphatic carbocycles. The van der Waals surface area contributed by atoms with E-state index in [1.54, 1.807) is 24.1 Å². The third kappa shape index (κ3) is 8.92. The van der Waals surface area contributed by atoms with E-state index in [1.165, 1.54) is 0 Å². The van der Waals surface area contributed by atoms with E-state index < -0.39 is 6.04 Å². The zero-order valence-electron chi connectivity index (χ0n) is 21.7. The van der Waals surface area contributed by atoms with Crippen molar-refractivity contribution in [3.05, 3.63) is 101 Å². The zero-order valence-corrected chi connectivity index (χ0v) is 22.4. The third-order valence-electron chi connectivity index (χ3n) is 5.85. The van der Waals surface area contributed by atoms with E-state index in [1.807, 2.05) is 80.6 Å². The number of amides is 2. The molecule has 0 aliphatic rings. The quantitative estimate of drug-likeness (QED) is 0.297. The van der Waals surface area contributed by atoms with Crippen LogP contribution >= 0.6 is 11.6 Å². The van der Waals surface area contributed by atoms with Gasteiger partial charge in [0.1, 0.15) is 11.8 Å². The molecule has 0 bridgehead atoms. The van der Waals surface area contributed by atoms with Gasteiger partial charge in [-0.2, -0.15) is 0 Å². The molecule has 2 amide bonds. The highest BCUT2D eigenvalue weighted by molar-refractivity contribution is 6.30. The van der Waals surface area contributed by atoms with E-state index in [2.05, 4.69) is 5.32 Å². The van der Waals surface area contributed by atoms with Crippen molar-refractivity contribution in [3.8, 4) is 5.75 Å². The summed E-state index contributed by atoms with van der Waals surface area (Å²) in [6.45, 7) is 5.23. The number of rotatable bonds is 13. The van der Waals surface area contributed by atoms with Crippen LogP contribution < -0.4 is 10.1 Å². The van der Waals surface area contributed by atoms with Gasteiger partial charge in [-0.05, 0) is 61.2 Å². The van der Waals surface area contributed by atoms with Gasteiger partial charge in [0.25, 0.3) is 0 Å². The highest BCUT2D eigenvalue weighted by Gasteiger charge is 2.31. The number of carbonyl (C=O) groups is 2. The molecule has 3 aromatic carbocycles. The van der Waals surface area contributed by atoms with Crippen molar-refractivity contribution >= 4 is 23.4 Å². The summed E-state index contributed by atoms with van der Waals surface area (Å²) >= 11 is 6.04. The summed E-state index contributed by atoms with van der Waals surface area (Å²) in [5.41, 5.74) is 2.47. The van der Waals surface area contributed by atoms with Crippen LogP contribution in [-0.2, 0) is 27.3 Å². The molecule has 7 heteroatoms. The van der Waals surface area contributed by atoms with Gasteiger partial charge in [0.15, 0.2) is 0 Å². The molecule has 0 saturated heterocycles. The van der Waals surface area contributed by atoms with E-state index in [9.17, 15) is 9.59 Å². The molecule has 0 aliphatic heterocycles. The lowest BCUT2D eigenvalue weighted by atomic mass is 10.0. The van der Waals surface area contributed by atoms with E-state index >= 15 is 0 Å². The van der Waals surface area contributed by atoms with E-state index in [0.29, 0.717) is 24.6 Å². The van der Waals surface area contributed by atoms with Gasteiger partial charge in [-0.3, -0.25) is 9.59 Å². The minimum atomic E-state index is -0.797. The Morgan fingerprint density at radius 3 is 2.19 bits per heavy atom. The van der Waals surface area contributed by atoms with Crippen LogP contribution in [0.3, 0.4) is 0 Å². The largest absolute Gasteiger partial charge is 0.497 e. The Labute approximate surface area is 224 Å². The number of hydrogen-bond acceptors (Lipinski definition) is 4. The predicted molar refractivity (Wildman–Crippen MR) is 147 cm³/mol. The van der Waals surface area contributed by atoms with Gasteiger partial charge in [-0.25, -0.2) is 0 Å². The van der Waals surface area contributed by atoms with Crippen molar-refractivity contribution in [2.75, 3.05) is 20.3 Å². The number of carbonyl (C=O) groups excluding carboxylic acids is 2. The van der Waals surface area contributed by atoms with Crippen molar-refractivity contribution in [1.82, 2.24) is 10.2 Å². The monoisotopic (exact) mass is 522 g/mol. The first-order valence-electron chi connectivity index (χ1n) is 12.5. The van der Waals surface area contributed by atoms with E-state index in [0.717, 1.165) is 22.4 Å². The molecule has 0 spiro atoms. The lowest BCUT2D eigenvalue weighted by Gasteiger charge is -2.32. The van der Waals surface area contributed by atoms with Gasteiger partial charge in [0.05, 0.1) is 19.6 Å². The molecule has 1 N–H and O–H groups in total. The fourth-order valence-corrected chi connectivity index (χ4v) is 4.06. The normalized spacial score (nSPS) is 11.7. The van der Waals surface area contributed by atoms with E-state index in [-0.39, 0.29) is 30.9 Å². The summed E-state index contributed by atoms with van der Waals surface area (Å²) in [5, 5.41) is 3.62. The second kappa shape index (κ2) is 14.4. The van der Waals surface area contributed by atoms with Crippen molar-refractivity contribution in [2.45, 2.75) is 45.4 Å². The number of nitrogens with zero attached hydrogens (tertiary/aromatic N) is 1. The van der Waals surface area contributed by atoms with Gasteiger partial charge in [0, 0.05) is 24.7 Å². The average molecular weight is 523 g/mol. The Morgan fingerprint density at radius 1 is 0.919 bits per heavy atom. The molecule has 0 unspecified atom stereocenters. The standard InChI is InChI=1S/C30H35ClN2O4/c1-22(2)37-19-7-18-32-30(35)29(25-8-5-4-6-9-25)33(21-24-12-16-27(36-3)17-13-24)28(34)20-23-10-14-26(31)15-11-23/h4-6,8-17,22,29H,7,18-21H2,1-3H3,(H,32,35)/t29-/m0/s1. The third-order valence-corrected chi connectivity index (χ3v) is 6.10. The lowest BCUT2D eigenvalue weighted by molar-refractivity contribution is -0.141. The summed E-state index contributed by atoms with van der Waals surface area (Å²) in [6, 6.07) is 23.3. The summed E-state index contributed by atoms with van der Waals surface area (Å²) in [5.74, 6) is 0.336. The molecular weight excluding hydrogens is 488 g/mol. The first-order chi connectivity index (χ1) is 17.9. The van der Waals surface area contributed by atoms with Crippen LogP contribution in [0.1, 0.15) is 43.0 Å². The van der Waals surface area contributed by atoms with Crippen molar-refractivity contribution in [2.24, 2.45) is 0 Å². The van der Waals surface area contributed by atoms with Crippen LogP contribution in [0.15, 0.2) is 78.9 Å². The Balaban J connectivity index is 1.89. The van der Waals surface area contributed by atoms with Crippen molar-refractivity contribution in [3.63, 3.8) is 0 Å². The summed E-state index contributed by atoms with van der Waals surface area (Å²) in [7, 11) is 1.61. The number of methoxy groups -OCH3 is 1. The van der Waals surface area contributed by atoms with Crippen LogP contribution in [-0.4, -0.2) is 43.1 Å². The molecule has 196 valence electrons. The van der Waals surface area contributed by atoms with Gasteiger partial charge < -0.3 is 19.7 Å². The minimum absolute atomic E-state index is 0.137. The number of ether oxygens (including phenoxy) is 2. The summed E-state index contributed by atoms with van der Waals surface area (Å²) < 4.78 is 10.9. The molecule has 3 rings (SSSR count). The van der Waals surface area contributed by atoms with Gasteiger partial charge >= 0.3 is 0 Å². The molecule has 3 aromatic rings. The van der Waals surface area contributed by atoms with Crippen molar-refractivity contribution < 1.29 is 19.1 Å². The van der Waals surface area contributed by atoms with Crippen LogP contribution in [0.25, 0.3) is 0 Å². The summed E-state index contributed by atoms with van der Waals surface area (Å²) in [4.78, 5) is 29.0. The lowest BCUT2D eigenvalue weighted by Crippen LogP contribution is -2.44. The highest BCUT2D eigenvalue weighted by atomic mass is 35.5. The number of hydrogen-bond donors (Lipinski definition) is 1. The highest BCUT2D eigenvalue weighted by Crippen LogP contribution is 2.26. The molecule has 0 heterocycles. The van der Waals surface area contributed by atoms with Crippen LogP contribution in [0.4, 0.5) is 0 Å². The minimum Gasteiger partial charge on any atom is -0.497 e. The molecule has 37 heavy (non-hydrogen) atoms. The second-order valence-electron chi connectivity index (χ2n) is 9.05. The number of benzene rings is 3. The molecule has 0 radical (unpaired) electrons. The fraction of sp³-hybridized carbons (Fsp3) is 0.333. The van der Waals surface area contributed by atoms with Gasteiger partial charge in [-0.1, -0.05) is 66.2 Å². The maximum absolute atomic E-state index is 13.8. The zero-order chi connectivity index (χ0) is 26.6. The Kier molecular flexibility index (Phi) is 11.0. The SMILES string of the molecule is COc1ccc(CN(C(=O)Cc2ccc(Cl)cc2)[C@H](C(=O)NCCCOC(C)C)c2ccccc2)cc1. The Hall–Kier alpha value is -3.35. The first kappa shape index (κ1) is 28.2. The predicted octanol–water partition coefficient (Wildman–Crippen LogP) is 5.59. The second-order valence-corrected chi connectivity index (χ2v) is 9.49. The average Bonchev–Trinajstić information content (AvgIpc) is 2.90. The van der Waals surface area contributed by atoms with Crippen LogP contribution in [0, 0.1) is 0 Å². The molecular formula is C30H35ClN2O4. The van der Waals surface area contributed by atoms with Crippen molar-refractivity contribution in [1.29, 1.82) is 0 Å². The number of halogens is 1. The molecule has 6 nitrogen and oxygen atoms in total. The molecule has 0 fully saturated rings. The van der Waals surface area contributed by atoms with Gasteiger partial charge in [0.2, 0.25) is 11.8 Å². The fourth-order valence-electron chi connectivity index (χ4n) is 3.94. The maximum Gasteiger partial charge on any atom is 0.247 e. The number of nitrogens with one attached hydrogen (secondary N) is 1. The smallest absolute Gasteiger partial charge is 0.247 e. The maximum atomic E-state index is 13.8. The van der Waals surface area contributed by atoms with Crippen LogP contribution in [0.5, 0.6) is 5.75 Å². The Bertz CT molecular complexity index is 1120. The van der Waals surface area contributed by atoms with Crippen LogP contribution in [0.2, 0.25) is 5.02 Å². The molecule has 0 saturated carbocycles. The van der Waals surface area contributed by atoms with Gasteiger partial charge in [-0.15, -0.1) is 0 Å².